The van der Waals surface area contributed by atoms with Crippen LogP contribution in [0.5, 0.6) is 5.88 Å². The van der Waals surface area contributed by atoms with Crippen LogP contribution in [-0.2, 0) is 22.9 Å². The Morgan fingerprint density at radius 2 is 2.00 bits per heavy atom. The lowest BCUT2D eigenvalue weighted by Crippen LogP contribution is -2.35. The first kappa shape index (κ1) is 25.9. The van der Waals surface area contributed by atoms with Crippen LogP contribution in [0.3, 0.4) is 0 Å². The van der Waals surface area contributed by atoms with Gasteiger partial charge in [-0.15, -0.1) is 0 Å². The lowest BCUT2D eigenvalue weighted by atomic mass is 9.93. The van der Waals surface area contributed by atoms with E-state index in [2.05, 4.69) is 37.2 Å². The Kier molecular flexibility index (Phi) is 6.97. The van der Waals surface area contributed by atoms with Gasteiger partial charge < -0.3 is 15.0 Å². The highest BCUT2D eigenvalue weighted by molar-refractivity contribution is 7.90. The fourth-order valence-electron chi connectivity index (χ4n) is 5.45. The van der Waals surface area contributed by atoms with Gasteiger partial charge in [0, 0.05) is 37.1 Å². The van der Waals surface area contributed by atoms with E-state index >= 15 is 0 Å². The normalized spacial score (nSPS) is 17.6. The molecule has 0 bridgehead atoms. The molecular formula is C27H32N6O4S. The van der Waals surface area contributed by atoms with Gasteiger partial charge in [-0.05, 0) is 74.5 Å². The Bertz CT molecular complexity index is 1530. The number of carbonyl (C=O) groups excluding carboxylic acids is 1. The van der Waals surface area contributed by atoms with Crippen LogP contribution in [0.15, 0.2) is 53.3 Å². The highest BCUT2D eigenvalue weighted by atomic mass is 32.2. The second kappa shape index (κ2) is 10.2. The smallest absolute Gasteiger partial charge is 0.333 e. The van der Waals surface area contributed by atoms with Crippen LogP contribution in [0, 0.1) is 6.92 Å². The number of pyridine rings is 1. The van der Waals surface area contributed by atoms with Crippen LogP contribution < -0.4 is 14.8 Å². The molecule has 5 rings (SSSR count). The van der Waals surface area contributed by atoms with Gasteiger partial charge in [0.2, 0.25) is 5.88 Å². The molecule has 1 unspecified atom stereocenters. The zero-order chi connectivity index (χ0) is 27.0. The summed E-state index contributed by atoms with van der Waals surface area (Å²) >= 11 is 0. The van der Waals surface area contributed by atoms with Crippen molar-refractivity contribution in [1.82, 2.24) is 24.4 Å². The van der Waals surface area contributed by atoms with Crippen molar-refractivity contribution in [2.45, 2.75) is 44.2 Å². The van der Waals surface area contributed by atoms with Gasteiger partial charge in [-0.2, -0.15) is 13.5 Å². The summed E-state index contributed by atoms with van der Waals surface area (Å²) in [5, 5.41) is 6.93. The molecule has 0 fully saturated rings. The molecule has 2 aliphatic rings. The zero-order valence-electron chi connectivity index (χ0n) is 22.0. The minimum atomic E-state index is -4.20. The fourth-order valence-corrected chi connectivity index (χ4v) is 6.29. The summed E-state index contributed by atoms with van der Waals surface area (Å²) in [4.78, 5) is 19.5. The number of amides is 2. The number of hydrogen-bond acceptors (Lipinski definition) is 7. The molecule has 1 atom stereocenters. The van der Waals surface area contributed by atoms with E-state index in [1.807, 2.05) is 27.0 Å². The maximum absolute atomic E-state index is 13.1. The van der Waals surface area contributed by atoms with Crippen LogP contribution in [-0.4, -0.2) is 61.4 Å². The molecule has 1 aromatic carbocycles. The Morgan fingerprint density at radius 1 is 1.18 bits per heavy atom. The quantitative estimate of drug-likeness (QED) is 0.461. The molecule has 0 spiro atoms. The van der Waals surface area contributed by atoms with Crippen molar-refractivity contribution in [3.8, 4) is 17.0 Å². The number of likely N-dealkylation sites (N-methyl/N-ethyl adjacent to an activating group) is 1. The van der Waals surface area contributed by atoms with Crippen LogP contribution >= 0.6 is 0 Å². The standard InChI is InChI=1S/C27H32N6O4S/c1-17-12-21(16-32(3)15-17)33-11-9-24(30-33)38(35,36)31-27(34)29-26-22-7-5-6-19(22)13-18(2)25(26)20-8-10-28-23(14-20)37-4/h8-14,21H,5-7,15-16H2,1-4H3,(H2,29,31,34). The number of fused-ring (bicyclic) bond motifs is 1. The number of benzene rings is 1. The minimum Gasteiger partial charge on any atom is -0.481 e. The van der Waals surface area contributed by atoms with E-state index in [0.717, 1.165) is 53.6 Å². The second-order valence-electron chi connectivity index (χ2n) is 9.99. The molecule has 38 heavy (non-hydrogen) atoms. The highest BCUT2D eigenvalue weighted by Crippen LogP contribution is 2.40. The molecule has 0 saturated carbocycles. The van der Waals surface area contributed by atoms with Gasteiger partial charge in [0.05, 0.1) is 18.8 Å². The molecule has 3 heterocycles. The number of aromatic nitrogens is 3. The van der Waals surface area contributed by atoms with E-state index in [1.165, 1.54) is 11.6 Å². The zero-order valence-corrected chi connectivity index (χ0v) is 22.8. The number of carbonyl (C=O) groups is 1. The van der Waals surface area contributed by atoms with Gasteiger partial charge in [0.15, 0.2) is 5.03 Å². The first-order chi connectivity index (χ1) is 18.1. The molecule has 3 aromatic rings. The molecule has 0 saturated heterocycles. The van der Waals surface area contributed by atoms with Gasteiger partial charge >= 0.3 is 6.03 Å². The summed E-state index contributed by atoms with van der Waals surface area (Å²) in [7, 11) is -0.640. The third kappa shape index (κ3) is 5.16. The topological polar surface area (TPSA) is 118 Å². The number of hydrogen-bond donors (Lipinski definition) is 2. The lowest BCUT2D eigenvalue weighted by Gasteiger charge is -2.28. The first-order valence-corrected chi connectivity index (χ1v) is 14.0. The van der Waals surface area contributed by atoms with Crippen LogP contribution in [0.1, 0.15) is 36.1 Å². The first-order valence-electron chi connectivity index (χ1n) is 12.5. The number of ether oxygens (including phenoxy) is 1. The monoisotopic (exact) mass is 536 g/mol. The molecule has 0 radical (unpaired) electrons. The van der Waals surface area contributed by atoms with Crippen LogP contribution in [0.2, 0.25) is 0 Å². The Hall–Kier alpha value is -3.70. The average molecular weight is 537 g/mol. The van der Waals surface area contributed by atoms with Crippen molar-refractivity contribution in [2.75, 3.05) is 32.6 Å². The predicted molar refractivity (Wildman–Crippen MR) is 145 cm³/mol. The second-order valence-corrected chi connectivity index (χ2v) is 11.6. The summed E-state index contributed by atoms with van der Waals surface area (Å²) in [5.41, 5.74) is 6.57. The number of rotatable bonds is 6. The van der Waals surface area contributed by atoms with Gasteiger partial charge in [-0.3, -0.25) is 4.68 Å². The molecule has 11 heteroatoms. The maximum atomic E-state index is 13.1. The van der Waals surface area contributed by atoms with Gasteiger partial charge in [-0.1, -0.05) is 17.7 Å². The average Bonchev–Trinajstić information content (AvgIpc) is 3.54. The third-order valence-corrected chi connectivity index (χ3v) is 8.21. The molecular weight excluding hydrogens is 504 g/mol. The number of sulfonamides is 1. The van der Waals surface area contributed by atoms with Crippen molar-refractivity contribution in [3.05, 3.63) is 65.0 Å². The third-order valence-electron chi connectivity index (χ3n) is 6.99. The van der Waals surface area contributed by atoms with E-state index in [4.69, 9.17) is 4.74 Å². The molecule has 1 aliphatic heterocycles. The number of anilines is 1. The molecule has 2 N–H and O–H groups in total. The largest absolute Gasteiger partial charge is 0.481 e. The minimum absolute atomic E-state index is 0.0821. The number of urea groups is 1. The summed E-state index contributed by atoms with van der Waals surface area (Å²) in [5.74, 6) is 0.449. The van der Waals surface area contributed by atoms with Crippen LogP contribution in [0.4, 0.5) is 10.5 Å². The van der Waals surface area contributed by atoms with E-state index in [1.54, 1.807) is 30.3 Å². The Balaban J connectivity index is 1.42. The van der Waals surface area contributed by atoms with Crippen molar-refractivity contribution in [3.63, 3.8) is 0 Å². The number of nitrogens with zero attached hydrogens (tertiary/aromatic N) is 4. The lowest BCUT2D eigenvalue weighted by molar-refractivity contribution is 0.256. The maximum Gasteiger partial charge on any atom is 0.333 e. The molecule has 2 amide bonds. The van der Waals surface area contributed by atoms with E-state index in [9.17, 15) is 13.2 Å². The summed E-state index contributed by atoms with van der Waals surface area (Å²) in [6.07, 6.45) is 8.02. The summed E-state index contributed by atoms with van der Waals surface area (Å²) in [6, 6.07) is 6.27. The summed E-state index contributed by atoms with van der Waals surface area (Å²) < 4.78 is 35.3. The van der Waals surface area contributed by atoms with Crippen molar-refractivity contribution in [2.24, 2.45) is 0 Å². The fraction of sp³-hybridized carbons (Fsp3) is 0.370. The van der Waals surface area contributed by atoms with Gasteiger partial charge in [0.1, 0.15) is 0 Å². The summed E-state index contributed by atoms with van der Waals surface area (Å²) in [6.45, 7) is 5.59. The van der Waals surface area contributed by atoms with E-state index in [-0.39, 0.29) is 11.1 Å². The van der Waals surface area contributed by atoms with E-state index in [0.29, 0.717) is 18.1 Å². The predicted octanol–water partition coefficient (Wildman–Crippen LogP) is 3.69. The van der Waals surface area contributed by atoms with Crippen LogP contribution in [0.25, 0.3) is 11.1 Å². The van der Waals surface area contributed by atoms with Gasteiger partial charge in [-0.25, -0.2) is 14.5 Å². The number of nitrogens with one attached hydrogen (secondary N) is 2. The highest BCUT2D eigenvalue weighted by Gasteiger charge is 2.27. The van der Waals surface area contributed by atoms with Crippen molar-refractivity contribution in [1.29, 1.82) is 0 Å². The van der Waals surface area contributed by atoms with Crippen molar-refractivity contribution >= 4 is 21.7 Å². The van der Waals surface area contributed by atoms with E-state index < -0.39 is 16.1 Å². The Labute approximate surface area is 222 Å². The molecule has 10 nitrogen and oxygen atoms in total. The van der Waals surface area contributed by atoms with Gasteiger partial charge in [0.25, 0.3) is 10.0 Å². The van der Waals surface area contributed by atoms with Crippen molar-refractivity contribution < 1.29 is 17.9 Å². The molecule has 200 valence electrons. The number of aryl methyl sites for hydroxylation is 2. The Morgan fingerprint density at radius 3 is 2.76 bits per heavy atom. The molecule has 1 aliphatic carbocycles. The molecule has 2 aromatic heterocycles. The SMILES string of the molecule is COc1cc(-c2c(C)cc3c(c2NC(=O)NS(=O)(=O)c2ccn(C4C=C(C)CN(C)C4)n2)CCC3)ccn1. The number of methoxy groups -OCH3 is 1.